The predicted molar refractivity (Wildman–Crippen MR) is 115 cm³/mol. The summed E-state index contributed by atoms with van der Waals surface area (Å²) >= 11 is 1.26. The minimum Gasteiger partial charge on any atom is -0.493 e. The zero-order valence-corrected chi connectivity index (χ0v) is 18.2. The molecule has 2 aromatic rings. The molecule has 2 amide bonds. The van der Waals surface area contributed by atoms with E-state index in [0.29, 0.717) is 11.4 Å². The van der Waals surface area contributed by atoms with E-state index >= 15 is 0 Å². The number of benzene rings is 1. The van der Waals surface area contributed by atoms with E-state index in [-0.39, 0.29) is 23.7 Å². The predicted octanol–water partition coefficient (Wildman–Crippen LogP) is 2.45. The number of rotatable bonds is 9. The van der Waals surface area contributed by atoms with Crippen LogP contribution in [-0.4, -0.2) is 43.0 Å². The Kier molecular flexibility index (Phi) is 6.93. The van der Waals surface area contributed by atoms with Gasteiger partial charge in [-0.2, -0.15) is 0 Å². The van der Waals surface area contributed by atoms with Crippen molar-refractivity contribution in [2.45, 2.75) is 26.2 Å². The van der Waals surface area contributed by atoms with Gasteiger partial charge in [-0.1, -0.05) is 0 Å². The minimum absolute atomic E-state index is 0.0979. The van der Waals surface area contributed by atoms with E-state index in [9.17, 15) is 24.5 Å². The van der Waals surface area contributed by atoms with E-state index in [1.54, 1.807) is 6.92 Å². The summed E-state index contributed by atoms with van der Waals surface area (Å²) in [5.74, 6) is -2.24. The van der Waals surface area contributed by atoms with Crippen LogP contribution in [0.3, 0.4) is 0 Å². The highest BCUT2D eigenvalue weighted by atomic mass is 32.1. The first-order chi connectivity index (χ1) is 15.3. The van der Waals surface area contributed by atoms with Crippen LogP contribution in [0.5, 0.6) is 11.5 Å². The lowest BCUT2D eigenvalue weighted by Gasteiger charge is -2.12. The van der Waals surface area contributed by atoms with Crippen LogP contribution >= 0.6 is 11.3 Å². The van der Waals surface area contributed by atoms with Gasteiger partial charge in [0.05, 0.1) is 30.3 Å². The van der Waals surface area contributed by atoms with Crippen molar-refractivity contribution in [2.24, 2.45) is 5.73 Å². The van der Waals surface area contributed by atoms with Gasteiger partial charge in [-0.15, -0.1) is 11.3 Å². The second-order valence-corrected chi connectivity index (χ2v) is 7.87. The Balaban J connectivity index is 1.74. The number of thiophene rings is 1. The van der Waals surface area contributed by atoms with E-state index in [2.05, 4.69) is 5.32 Å². The molecule has 0 atom stereocenters. The van der Waals surface area contributed by atoms with Crippen molar-refractivity contribution in [1.82, 2.24) is 0 Å². The Morgan fingerprint density at radius 3 is 2.62 bits per heavy atom. The molecule has 11 nitrogen and oxygen atoms in total. The Morgan fingerprint density at radius 2 is 2.00 bits per heavy atom. The van der Waals surface area contributed by atoms with Crippen LogP contribution in [0.15, 0.2) is 12.1 Å². The van der Waals surface area contributed by atoms with Gasteiger partial charge in [0.15, 0.2) is 18.1 Å². The monoisotopic (exact) mass is 463 g/mol. The van der Waals surface area contributed by atoms with Crippen LogP contribution in [0.25, 0.3) is 0 Å². The molecule has 3 N–H and O–H groups in total. The molecule has 32 heavy (non-hydrogen) atoms. The molecule has 0 saturated heterocycles. The van der Waals surface area contributed by atoms with E-state index in [4.69, 9.17) is 19.9 Å². The maximum atomic E-state index is 12.5. The molecule has 0 unspecified atom stereocenters. The molecule has 1 aromatic carbocycles. The average molecular weight is 463 g/mol. The first kappa shape index (κ1) is 23.0. The largest absolute Gasteiger partial charge is 0.493 e. The normalized spacial score (nSPS) is 12.1. The molecule has 0 radical (unpaired) electrons. The van der Waals surface area contributed by atoms with Crippen LogP contribution in [0, 0.1) is 10.1 Å². The second kappa shape index (κ2) is 9.64. The molecule has 1 aromatic heterocycles. The minimum atomic E-state index is -1.09. The molecule has 170 valence electrons. The lowest BCUT2D eigenvalue weighted by molar-refractivity contribution is -0.385. The number of fused-ring (bicyclic) bond motifs is 1. The number of aryl methyl sites for hydroxylation is 1. The molecular formula is C20H21N3O8S. The number of esters is 1. The van der Waals surface area contributed by atoms with Gasteiger partial charge in [0.2, 0.25) is 0 Å². The van der Waals surface area contributed by atoms with Crippen LogP contribution in [0.1, 0.15) is 44.5 Å². The average Bonchev–Trinajstić information content (AvgIpc) is 3.32. The highest BCUT2D eigenvalue weighted by Crippen LogP contribution is 2.39. The molecule has 0 spiro atoms. The molecule has 3 rings (SSSR count). The molecule has 1 heterocycles. The van der Waals surface area contributed by atoms with Gasteiger partial charge in [-0.25, -0.2) is 4.79 Å². The number of hydrogen-bond donors (Lipinski definition) is 2. The summed E-state index contributed by atoms with van der Waals surface area (Å²) in [5.41, 5.74) is 5.63. The third-order valence-electron chi connectivity index (χ3n) is 4.75. The molecule has 1 aliphatic carbocycles. The highest BCUT2D eigenvalue weighted by molar-refractivity contribution is 7.17. The molecule has 0 bridgehead atoms. The third kappa shape index (κ3) is 4.64. The topological polar surface area (TPSA) is 160 Å². The lowest BCUT2D eigenvalue weighted by Crippen LogP contribution is -2.23. The van der Waals surface area contributed by atoms with Gasteiger partial charge in [0.1, 0.15) is 10.6 Å². The van der Waals surface area contributed by atoms with Gasteiger partial charge in [-0.05, 0) is 31.7 Å². The number of nitrogens with zero attached hydrogens (tertiary/aromatic N) is 1. The zero-order chi connectivity index (χ0) is 23.4. The molecule has 12 heteroatoms. The van der Waals surface area contributed by atoms with Crippen molar-refractivity contribution < 1.29 is 33.5 Å². The highest BCUT2D eigenvalue weighted by Gasteiger charge is 2.28. The standard InChI is InChI=1S/C20H21N3O8S/c1-3-30-14-8-12(23(27)28)11(7-13(14)29-2)20(26)31-9-16(24)22-19-17(18(21)25)10-5-4-6-15(10)32-19/h7-8H,3-6,9H2,1-2H3,(H2,21,25)(H,22,24). The fraction of sp³-hybridized carbons (Fsp3) is 0.350. The maximum absolute atomic E-state index is 12.5. The summed E-state index contributed by atoms with van der Waals surface area (Å²) in [6.45, 7) is 1.21. The van der Waals surface area contributed by atoms with Crippen molar-refractivity contribution in [3.05, 3.63) is 43.8 Å². The number of hydrogen-bond acceptors (Lipinski definition) is 9. The van der Waals surface area contributed by atoms with Gasteiger partial charge in [-0.3, -0.25) is 19.7 Å². The Hall–Kier alpha value is -3.67. The molecule has 0 saturated carbocycles. The number of carbonyl (C=O) groups is 3. The smallest absolute Gasteiger partial charge is 0.345 e. The van der Waals surface area contributed by atoms with Gasteiger partial charge < -0.3 is 25.3 Å². The van der Waals surface area contributed by atoms with Crippen molar-refractivity contribution in [1.29, 1.82) is 0 Å². The summed E-state index contributed by atoms with van der Waals surface area (Å²) in [6.07, 6.45) is 2.42. The number of primary amides is 1. The van der Waals surface area contributed by atoms with Crippen molar-refractivity contribution in [2.75, 3.05) is 25.6 Å². The number of amides is 2. The van der Waals surface area contributed by atoms with Crippen LogP contribution in [0.4, 0.5) is 10.7 Å². The summed E-state index contributed by atoms with van der Waals surface area (Å²) in [7, 11) is 1.32. The number of nitrogens with two attached hydrogens (primary N) is 1. The summed E-state index contributed by atoms with van der Waals surface area (Å²) < 4.78 is 15.4. The van der Waals surface area contributed by atoms with E-state index < -0.39 is 40.6 Å². The number of nitro groups is 1. The summed E-state index contributed by atoms with van der Waals surface area (Å²) in [5, 5.41) is 14.3. The molecule has 1 aliphatic rings. The van der Waals surface area contributed by atoms with Crippen molar-refractivity contribution in [3.8, 4) is 11.5 Å². The maximum Gasteiger partial charge on any atom is 0.345 e. The van der Waals surface area contributed by atoms with Crippen LogP contribution in [-0.2, 0) is 22.4 Å². The molecular weight excluding hydrogens is 442 g/mol. The van der Waals surface area contributed by atoms with E-state index in [1.807, 2.05) is 0 Å². The van der Waals surface area contributed by atoms with Crippen LogP contribution < -0.4 is 20.5 Å². The fourth-order valence-electron chi connectivity index (χ4n) is 3.42. The Morgan fingerprint density at radius 1 is 1.25 bits per heavy atom. The van der Waals surface area contributed by atoms with Gasteiger partial charge in [0, 0.05) is 10.9 Å². The number of nitro benzene ring substituents is 1. The summed E-state index contributed by atoms with van der Waals surface area (Å²) in [4.78, 5) is 48.3. The first-order valence-corrected chi connectivity index (χ1v) is 10.5. The number of nitrogens with one attached hydrogen (secondary N) is 1. The van der Waals surface area contributed by atoms with E-state index in [1.165, 1.54) is 18.4 Å². The SMILES string of the molecule is CCOc1cc([N+](=O)[O-])c(C(=O)OCC(=O)Nc2sc3c(c2C(N)=O)CCC3)cc1OC. The molecule has 0 fully saturated rings. The quantitative estimate of drug-likeness (QED) is 0.326. The number of carbonyl (C=O) groups excluding carboxylic acids is 3. The van der Waals surface area contributed by atoms with Crippen molar-refractivity contribution >= 4 is 39.8 Å². The number of ether oxygens (including phenoxy) is 3. The molecule has 0 aliphatic heterocycles. The Labute approximate surface area is 186 Å². The first-order valence-electron chi connectivity index (χ1n) is 9.67. The van der Waals surface area contributed by atoms with E-state index in [0.717, 1.165) is 35.4 Å². The Bertz CT molecular complexity index is 1090. The fourth-order valence-corrected chi connectivity index (χ4v) is 4.73. The lowest BCUT2D eigenvalue weighted by atomic mass is 10.1. The van der Waals surface area contributed by atoms with Gasteiger partial charge in [0.25, 0.3) is 17.5 Å². The third-order valence-corrected chi connectivity index (χ3v) is 5.96. The second-order valence-electron chi connectivity index (χ2n) is 6.76. The van der Waals surface area contributed by atoms with Crippen LogP contribution in [0.2, 0.25) is 0 Å². The van der Waals surface area contributed by atoms with Crippen molar-refractivity contribution in [3.63, 3.8) is 0 Å². The van der Waals surface area contributed by atoms with Gasteiger partial charge >= 0.3 is 5.97 Å². The number of methoxy groups -OCH3 is 1. The zero-order valence-electron chi connectivity index (χ0n) is 17.4. The summed E-state index contributed by atoms with van der Waals surface area (Å²) in [6, 6.07) is 2.18. The number of anilines is 1.